The van der Waals surface area contributed by atoms with Crippen molar-refractivity contribution in [2.24, 2.45) is 0 Å². The lowest BCUT2D eigenvalue weighted by Crippen LogP contribution is -2.20. The number of amides is 2. The van der Waals surface area contributed by atoms with Crippen LogP contribution in [0.15, 0.2) is 72.8 Å². The van der Waals surface area contributed by atoms with E-state index in [0.717, 1.165) is 16.7 Å². The van der Waals surface area contributed by atoms with Crippen LogP contribution in [-0.2, 0) is 16.0 Å². The number of hydrogen-bond acceptors (Lipinski definition) is 3. The predicted octanol–water partition coefficient (Wildman–Crippen LogP) is 4.50. The number of anilines is 2. The second kappa shape index (κ2) is 9.55. The van der Waals surface area contributed by atoms with Crippen molar-refractivity contribution in [3.63, 3.8) is 0 Å². The van der Waals surface area contributed by atoms with Crippen molar-refractivity contribution in [1.82, 2.24) is 0 Å². The summed E-state index contributed by atoms with van der Waals surface area (Å²) in [5, 5.41) is 5.64. The minimum Gasteiger partial charge on any atom is -0.483 e. The van der Waals surface area contributed by atoms with Crippen LogP contribution in [0, 0.1) is 13.8 Å². The van der Waals surface area contributed by atoms with E-state index in [1.54, 1.807) is 24.3 Å². The van der Waals surface area contributed by atoms with Gasteiger partial charge in [-0.1, -0.05) is 54.1 Å². The lowest BCUT2D eigenvalue weighted by molar-refractivity contribution is -0.118. The lowest BCUT2D eigenvalue weighted by atomic mass is 10.1. The number of benzene rings is 3. The van der Waals surface area contributed by atoms with E-state index in [1.165, 1.54) is 0 Å². The average Bonchev–Trinajstić information content (AvgIpc) is 2.68. The van der Waals surface area contributed by atoms with E-state index in [4.69, 9.17) is 4.74 Å². The van der Waals surface area contributed by atoms with Gasteiger partial charge >= 0.3 is 0 Å². The number of rotatable bonds is 7. The maximum absolute atomic E-state index is 12.2. The molecule has 5 nitrogen and oxygen atoms in total. The van der Waals surface area contributed by atoms with Crippen LogP contribution in [-0.4, -0.2) is 18.4 Å². The molecule has 2 amide bonds. The monoisotopic (exact) mass is 388 g/mol. The smallest absolute Gasteiger partial charge is 0.262 e. The molecule has 3 aromatic carbocycles. The maximum atomic E-state index is 12.2. The average molecular weight is 388 g/mol. The van der Waals surface area contributed by atoms with Gasteiger partial charge < -0.3 is 15.4 Å². The van der Waals surface area contributed by atoms with Gasteiger partial charge in [-0.3, -0.25) is 9.59 Å². The first-order valence-electron chi connectivity index (χ1n) is 9.43. The Kier molecular flexibility index (Phi) is 6.63. The molecule has 3 aromatic rings. The van der Waals surface area contributed by atoms with E-state index in [1.807, 2.05) is 62.4 Å². The van der Waals surface area contributed by atoms with Crippen molar-refractivity contribution in [1.29, 1.82) is 0 Å². The van der Waals surface area contributed by atoms with Gasteiger partial charge in [0.2, 0.25) is 5.91 Å². The Morgan fingerprint density at radius 1 is 0.793 bits per heavy atom. The first-order valence-corrected chi connectivity index (χ1v) is 9.43. The van der Waals surface area contributed by atoms with Crippen LogP contribution in [0.25, 0.3) is 0 Å². The zero-order valence-electron chi connectivity index (χ0n) is 16.6. The number of carbonyl (C=O) groups is 2. The molecule has 0 unspecified atom stereocenters. The van der Waals surface area contributed by atoms with Gasteiger partial charge in [0.05, 0.1) is 6.42 Å². The van der Waals surface area contributed by atoms with Crippen LogP contribution >= 0.6 is 0 Å². The molecule has 0 aliphatic heterocycles. The molecule has 5 heteroatoms. The fraction of sp³-hybridized carbons (Fsp3) is 0.167. The Morgan fingerprint density at radius 2 is 1.48 bits per heavy atom. The normalized spacial score (nSPS) is 10.3. The minimum atomic E-state index is -0.266. The molecule has 0 spiro atoms. The van der Waals surface area contributed by atoms with Gasteiger partial charge in [0.25, 0.3) is 5.91 Å². The first-order chi connectivity index (χ1) is 14.0. The van der Waals surface area contributed by atoms with E-state index in [9.17, 15) is 9.59 Å². The summed E-state index contributed by atoms with van der Waals surface area (Å²) in [5.41, 5.74) is 4.29. The predicted molar refractivity (Wildman–Crippen MR) is 115 cm³/mol. The Labute approximate surface area is 170 Å². The summed E-state index contributed by atoms with van der Waals surface area (Å²) in [6.07, 6.45) is 0.293. The van der Waals surface area contributed by atoms with Crippen molar-refractivity contribution in [3.05, 3.63) is 89.5 Å². The van der Waals surface area contributed by atoms with Crippen molar-refractivity contribution >= 4 is 23.2 Å². The third-order valence-electron chi connectivity index (χ3n) is 4.33. The van der Waals surface area contributed by atoms with Crippen molar-refractivity contribution < 1.29 is 14.3 Å². The first kappa shape index (κ1) is 20.1. The van der Waals surface area contributed by atoms with Crippen LogP contribution in [0.3, 0.4) is 0 Å². The summed E-state index contributed by atoms with van der Waals surface area (Å²) in [5.74, 6) is 0.309. The Morgan fingerprint density at radius 3 is 2.17 bits per heavy atom. The van der Waals surface area contributed by atoms with Gasteiger partial charge in [-0.2, -0.15) is 0 Å². The van der Waals surface area contributed by atoms with Gasteiger partial charge in [0, 0.05) is 11.4 Å². The van der Waals surface area contributed by atoms with Crippen LogP contribution < -0.4 is 15.4 Å². The summed E-state index contributed by atoms with van der Waals surface area (Å²) in [7, 11) is 0. The topological polar surface area (TPSA) is 67.4 Å². The van der Waals surface area contributed by atoms with Crippen molar-refractivity contribution in [2.45, 2.75) is 20.3 Å². The highest BCUT2D eigenvalue weighted by Crippen LogP contribution is 2.19. The third kappa shape index (κ3) is 6.21. The number of carbonyl (C=O) groups excluding carboxylic acids is 2. The number of ether oxygens (including phenoxy) is 1. The number of hydrogen-bond donors (Lipinski definition) is 2. The molecular weight excluding hydrogens is 364 g/mol. The highest BCUT2D eigenvalue weighted by Gasteiger charge is 2.08. The highest BCUT2D eigenvalue weighted by molar-refractivity contribution is 5.95. The van der Waals surface area contributed by atoms with Gasteiger partial charge in [0.1, 0.15) is 5.75 Å². The molecule has 0 atom stereocenters. The molecule has 0 aliphatic carbocycles. The van der Waals surface area contributed by atoms with Gasteiger partial charge in [-0.05, 0) is 49.2 Å². The molecule has 29 heavy (non-hydrogen) atoms. The molecule has 0 bridgehead atoms. The fourth-order valence-corrected chi connectivity index (χ4v) is 2.96. The third-order valence-corrected chi connectivity index (χ3v) is 4.33. The molecule has 0 saturated heterocycles. The van der Waals surface area contributed by atoms with Crippen molar-refractivity contribution in [3.8, 4) is 5.75 Å². The van der Waals surface area contributed by atoms with Crippen LogP contribution in [0.5, 0.6) is 5.75 Å². The van der Waals surface area contributed by atoms with Crippen LogP contribution in [0.4, 0.5) is 11.4 Å². The fourth-order valence-electron chi connectivity index (χ4n) is 2.96. The summed E-state index contributed by atoms with van der Waals surface area (Å²) in [4.78, 5) is 24.4. The Balaban J connectivity index is 1.53. The second-order valence-electron chi connectivity index (χ2n) is 6.90. The molecular formula is C24H24N2O3. The SMILES string of the molecule is Cc1ccc(OCC(=O)Nc2cccc(NC(=O)Cc3ccccc3)c2)c(C)c1. The molecule has 0 saturated carbocycles. The number of nitrogens with one attached hydrogen (secondary N) is 2. The van der Waals surface area contributed by atoms with Gasteiger partial charge in [-0.25, -0.2) is 0 Å². The largest absolute Gasteiger partial charge is 0.483 e. The molecule has 0 heterocycles. The van der Waals surface area contributed by atoms with E-state index in [2.05, 4.69) is 10.6 Å². The zero-order valence-corrected chi connectivity index (χ0v) is 16.6. The Hall–Kier alpha value is -3.60. The summed E-state index contributed by atoms with van der Waals surface area (Å²) < 4.78 is 5.61. The summed E-state index contributed by atoms with van der Waals surface area (Å²) >= 11 is 0. The van der Waals surface area contributed by atoms with Crippen molar-refractivity contribution in [2.75, 3.05) is 17.2 Å². The van der Waals surface area contributed by atoms with Crippen LogP contribution in [0.1, 0.15) is 16.7 Å². The second-order valence-corrected chi connectivity index (χ2v) is 6.90. The summed E-state index contributed by atoms with van der Waals surface area (Å²) in [6, 6.07) is 22.4. The van der Waals surface area contributed by atoms with E-state index < -0.39 is 0 Å². The Bertz CT molecular complexity index is 1000. The standard InChI is InChI=1S/C24H24N2O3/c1-17-11-12-22(18(2)13-17)29-16-24(28)26-21-10-6-9-20(15-21)25-23(27)14-19-7-4-3-5-8-19/h3-13,15H,14,16H2,1-2H3,(H,25,27)(H,26,28). The molecule has 0 aliphatic rings. The highest BCUT2D eigenvalue weighted by atomic mass is 16.5. The maximum Gasteiger partial charge on any atom is 0.262 e. The quantitative estimate of drug-likeness (QED) is 0.626. The van der Waals surface area contributed by atoms with E-state index >= 15 is 0 Å². The molecule has 0 aromatic heterocycles. The molecule has 0 radical (unpaired) electrons. The van der Waals surface area contributed by atoms with E-state index in [-0.39, 0.29) is 18.4 Å². The molecule has 148 valence electrons. The lowest BCUT2D eigenvalue weighted by Gasteiger charge is -2.11. The van der Waals surface area contributed by atoms with Gasteiger partial charge in [-0.15, -0.1) is 0 Å². The zero-order chi connectivity index (χ0) is 20.6. The van der Waals surface area contributed by atoms with Crippen LogP contribution in [0.2, 0.25) is 0 Å². The number of aryl methyl sites for hydroxylation is 2. The molecule has 0 fully saturated rings. The minimum absolute atomic E-state index is 0.0888. The summed E-state index contributed by atoms with van der Waals surface area (Å²) in [6.45, 7) is 3.87. The van der Waals surface area contributed by atoms with E-state index in [0.29, 0.717) is 23.5 Å². The molecule has 2 N–H and O–H groups in total. The van der Waals surface area contributed by atoms with Gasteiger partial charge in [0.15, 0.2) is 6.61 Å². The molecule has 3 rings (SSSR count).